The van der Waals surface area contributed by atoms with Gasteiger partial charge in [0, 0.05) is 11.7 Å². The molecule has 1 aliphatic rings. The van der Waals surface area contributed by atoms with E-state index in [1.165, 1.54) is 16.7 Å². The molecule has 2 aromatic carbocycles. The van der Waals surface area contributed by atoms with E-state index < -0.39 is 0 Å². The van der Waals surface area contributed by atoms with Gasteiger partial charge < -0.3 is 4.57 Å². The number of nitrogens with zero attached hydrogens (tertiary/aromatic N) is 1. The molecule has 3 aromatic rings. The topological polar surface area (TPSA) is 34.0 Å². The van der Waals surface area contributed by atoms with Crippen molar-refractivity contribution in [3.8, 4) is 11.1 Å². The molecular weight excluding hydrogens is 432 g/mol. The molecule has 0 fully saturated rings. The van der Waals surface area contributed by atoms with Crippen LogP contribution in [0.25, 0.3) is 11.1 Å². The van der Waals surface area contributed by atoms with E-state index in [1.54, 1.807) is 11.9 Å². The van der Waals surface area contributed by atoms with Gasteiger partial charge in [-0.1, -0.05) is 66.5 Å². The van der Waals surface area contributed by atoms with E-state index in [-0.39, 0.29) is 17.6 Å². The summed E-state index contributed by atoms with van der Waals surface area (Å²) >= 11 is 5.06. The van der Waals surface area contributed by atoms with Crippen LogP contribution in [0.1, 0.15) is 23.7 Å². The Morgan fingerprint density at radius 2 is 1.86 bits per heavy atom. The lowest BCUT2D eigenvalue weighted by Gasteiger charge is -2.35. The molecule has 0 bridgehead atoms. The van der Waals surface area contributed by atoms with E-state index in [4.69, 9.17) is 0 Å². The standard InChI is InChI=1S/C23H23BrN2OS/c1-28-25-21-13-11-19-10-12-20(24)23(27)26(19)22(21)15-16-6-5-9-18(14-16)17-7-3-2-4-8-17/h2-10,12,14,21-22,25H,11,13,15H2,1H3. The molecule has 0 radical (unpaired) electrons. The molecule has 1 aliphatic heterocycles. The maximum atomic E-state index is 12.9. The first kappa shape index (κ1) is 19.5. The zero-order valence-corrected chi connectivity index (χ0v) is 18.2. The minimum absolute atomic E-state index is 0.0642. The van der Waals surface area contributed by atoms with Crippen LogP contribution in [0.3, 0.4) is 0 Å². The molecule has 2 unspecified atom stereocenters. The molecule has 0 amide bonds. The Hall–Kier alpha value is -1.82. The van der Waals surface area contributed by atoms with Gasteiger partial charge in [-0.05, 0) is 70.3 Å². The minimum atomic E-state index is 0.0642. The molecule has 28 heavy (non-hydrogen) atoms. The third-order valence-electron chi connectivity index (χ3n) is 5.41. The van der Waals surface area contributed by atoms with Crippen LogP contribution in [-0.2, 0) is 12.8 Å². The number of hydrogen-bond acceptors (Lipinski definition) is 3. The van der Waals surface area contributed by atoms with Crippen molar-refractivity contribution in [3.05, 3.63) is 92.8 Å². The van der Waals surface area contributed by atoms with Gasteiger partial charge in [-0.2, -0.15) is 0 Å². The van der Waals surface area contributed by atoms with Gasteiger partial charge in [0.25, 0.3) is 5.56 Å². The predicted molar refractivity (Wildman–Crippen MR) is 122 cm³/mol. The molecule has 0 spiro atoms. The Morgan fingerprint density at radius 1 is 1.07 bits per heavy atom. The first-order valence-corrected chi connectivity index (χ1v) is 11.5. The monoisotopic (exact) mass is 454 g/mol. The molecule has 0 aliphatic carbocycles. The zero-order valence-electron chi connectivity index (χ0n) is 15.8. The van der Waals surface area contributed by atoms with Crippen molar-refractivity contribution in [2.24, 2.45) is 0 Å². The number of rotatable bonds is 5. The maximum Gasteiger partial charge on any atom is 0.265 e. The van der Waals surface area contributed by atoms with Crippen molar-refractivity contribution in [2.45, 2.75) is 31.3 Å². The van der Waals surface area contributed by atoms with Gasteiger partial charge in [-0.15, -0.1) is 0 Å². The largest absolute Gasteiger partial charge is 0.307 e. The van der Waals surface area contributed by atoms with E-state index in [1.807, 2.05) is 23.0 Å². The second kappa shape index (κ2) is 8.68. The lowest BCUT2D eigenvalue weighted by molar-refractivity contribution is 0.320. The molecular formula is C23H23BrN2OS. The minimum Gasteiger partial charge on any atom is -0.307 e. The fraction of sp³-hybridized carbons (Fsp3) is 0.261. The lowest BCUT2D eigenvalue weighted by atomic mass is 9.90. The molecule has 1 aromatic heterocycles. The molecule has 4 rings (SSSR count). The van der Waals surface area contributed by atoms with Crippen molar-refractivity contribution in [3.63, 3.8) is 0 Å². The van der Waals surface area contributed by atoms with Crippen molar-refractivity contribution in [1.82, 2.24) is 9.29 Å². The Balaban J connectivity index is 1.72. The highest BCUT2D eigenvalue weighted by Crippen LogP contribution is 2.30. The smallest absolute Gasteiger partial charge is 0.265 e. The number of halogens is 1. The van der Waals surface area contributed by atoms with Gasteiger partial charge in [-0.25, -0.2) is 0 Å². The fourth-order valence-electron chi connectivity index (χ4n) is 4.08. The van der Waals surface area contributed by atoms with Gasteiger partial charge in [0.2, 0.25) is 0 Å². The van der Waals surface area contributed by atoms with Crippen LogP contribution in [0.2, 0.25) is 0 Å². The number of fused-ring (bicyclic) bond motifs is 1. The zero-order chi connectivity index (χ0) is 19.5. The Kier molecular flexibility index (Phi) is 6.04. The average molecular weight is 455 g/mol. The molecule has 5 heteroatoms. The third kappa shape index (κ3) is 3.97. The van der Waals surface area contributed by atoms with Crippen LogP contribution in [0.5, 0.6) is 0 Å². The first-order valence-electron chi connectivity index (χ1n) is 9.50. The highest BCUT2D eigenvalue weighted by atomic mass is 79.9. The second-order valence-corrected chi connectivity index (χ2v) is 8.65. The van der Waals surface area contributed by atoms with Gasteiger partial charge in [0.15, 0.2) is 0 Å². The second-order valence-electron chi connectivity index (χ2n) is 7.15. The molecule has 0 saturated carbocycles. The molecule has 144 valence electrons. The van der Waals surface area contributed by atoms with Crippen LogP contribution in [0.15, 0.2) is 76.0 Å². The van der Waals surface area contributed by atoms with E-state index in [2.05, 4.69) is 75.2 Å². The summed E-state index contributed by atoms with van der Waals surface area (Å²) in [6.45, 7) is 0. The van der Waals surface area contributed by atoms with Gasteiger partial charge in [-0.3, -0.25) is 9.52 Å². The highest BCUT2D eigenvalue weighted by Gasteiger charge is 2.30. The number of aromatic nitrogens is 1. The van der Waals surface area contributed by atoms with Gasteiger partial charge in [0.1, 0.15) is 0 Å². The predicted octanol–water partition coefficient (Wildman–Crippen LogP) is 5.24. The summed E-state index contributed by atoms with van der Waals surface area (Å²) in [6, 6.07) is 23.4. The molecule has 0 saturated heterocycles. The van der Waals surface area contributed by atoms with Crippen molar-refractivity contribution < 1.29 is 0 Å². The maximum absolute atomic E-state index is 12.9. The number of aryl methyl sites for hydroxylation is 1. The normalized spacial score (nSPS) is 18.6. The summed E-state index contributed by atoms with van der Waals surface area (Å²) in [7, 11) is 0. The number of pyridine rings is 1. The number of hydrogen-bond donors (Lipinski definition) is 1. The average Bonchev–Trinajstić information content (AvgIpc) is 2.73. The summed E-state index contributed by atoms with van der Waals surface area (Å²) in [4.78, 5) is 12.9. The SMILES string of the molecule is CSNC1CCc2ccc(Br)c(=O)n2C1Cc1cccc(-c2ccccc2)c1. The Morgan fingerprint density at radius 3 is 2.64 bits per heavy atom. The molecule has 2 atom stereocenters. The number of nitrogens with one attached hydrogen (secondary N) is 1. The quantitative estimate of drug-likeness (QED) is 0.534. The summed E-state index contributed by atoms with van der Waals surface area (Å²) in [5, 5.41) is 0. The van der Waals surface area contributed by atoms with E-state index >= 15 is 0 Å². The van der Waals surface area contributed by atoms with E-state index in [9.17, 15) is 4.79 Å². The fourth-order valence-corrected chi connectivity index (χ4v) is 4.98. The number of benzene rings is 2. The van der Waals surface area contributed by atoms with Crippen LogP contribution in [0, 0.1) is 0 Å². The first-order chi connectivity index (χ1) is 13.7. The van der Waals surface area contributed by atoms with E-state index in [0.29, 0.717) is 4.47 Å². The lowest BCUT2D eigenvalue weighted by Crippen LogP contribution is -2.44. The highest BCUT2D eigenvalue weighted by molar-refractivity contribution is 9.10. The van der Waals surface area contributed by atoms with Crippen molar-refractivity contribution >= 4 is 27.9 Å². The van der Waals surface area contributed by atoms with Crippen molar-refractivity contribution in [2.75, 3.05) is 6.26 Å². The van der Waals surface area contributed by atoms with Gasteiger partial charge >= 0.3 is 0 Å². The summed E-state index contributed by atoms with van der Waals surface area (Å²) in [5.74, 6) is 0. The molecule has 3 nitrogen and oxygen atoms in total. The van der Waals surface area contributed by atoms with E-state index in [0.717, 1.165) is 25.0 Å². The van der Waals surface area contributed by atoms with Crippen LogP contribution in [0.4, 0.5) is 0 Å². The van der Waals surface area contributed by atoms with Crippen LogP contribution in [-0.4, -0.2) is 16.9 Å². The van der Waals surface area contributed by atoms with Gasteiger partial charge in [0.05, 0.1) is 10.5 Å². The van der Waals surface area contributed by atoms with Crippen molar-refractivity contribution in [1.29, 1.82) is 0 Å². The van der Waals surface area contributed by atoms with Crippen LogP contribution >= 0.6 is 27.9 Å². The summed E-state index contributed by atoms with van der Waals surface area (Å²) in [6.07, 6.45) is 4.82. The third-order valence-corrected chi connectivity index (χ3v) is 6.55. The Bertz CT molecular complexity index is 1020. The summed E-state index contributed by atoms with van der Waals surface area (Å²) in [5.41, 5.74) is 4.86. The summed E-state index contributed by atoms with van der Waals surface area (Å²) < 4.78 is 6.16. The Labute approximate surface area is 178 Å². The molecule has 1 N–H and O–H groups in total. The van der Waals surface area contributed by atoms with Crippen LogP contribution < -0.4 is 10.3 Å². The molecule has 2 heterocycles.